The summed E-state index contributed by atoms with van der Waals surface area (Å²) >= 11 is 3.19. The number of carbonyl (C=O) groups excluding carboxylic acids is 1. The molecule has 0 aliphatic rings. The van der Waals surface area contributed by atoms with Crippen molar-refractivity contribution >= 4 is 27.7 Å². The van der Waals surface area contributed by atoms with Crippen molar-refractivity contribution in [3.8, 4) is 0 Å². The van der Waals surface area contributed by atoms with Gasteiger partial charge in [0.15, 0.2) is 0 Å². The third kappa shape index (κ3) is 3.42. The molecule has 1 N–H and O–H groups in total. The normalized spacial score (nSPS) is 9.38. The quantitative estimate of drug-likeness (QED) is 0.814. The molecule has 70 valence electrons. The molecule has 0 aromatic carbocycles. The molecule has 0 radical (unpaired) electrons. The van der Waals surface area contributed by atoms with Gasteiger partial charge < -0.3 is 4.74 Å². The summed E-state index contributed by atoms with van der Waals surface area (Å²) in [5, 5.41) is 2.53. The zero-order valence-electron chi connectivity index (χ0n) is 7.08. The molecular weight excluding hydrogens is 236 g/mol. The topological polar surface area (TPSA) is 51.2 Å². The maximum Gasteiger partial charge on any atom is 0.411 e. The first-order valence-electron chi connectivity index (χ1n) is 3.77. The summed E-state index contributed by atoms with van der Waals surface area (Å²) in [6.45, 7) is 2.11. The number of amides is 1. The number of anilines is 1. The van der Waals surface area contributed by atoms with Crippen molar-refractivity contribution in [2.45, 2.75) is 6.92 Å². The van der Waals surface area contributed by atoms with E-state index in [0.717, 1.165) is 4.60 Å². The van der Waals surface area contributed by atoms with Crippen LogP contribution in [-0.4, -0.2) is 17.7 Å². The summed E-state index contributed by atoms with van der Waals surface area (Å²) in [6, 6.07) is 3.47. The number of carbonyl (C=O) groups is 1. The second-order valence-electron chi connectivity index (χ2n) is 2.22. The second-order valence-corrected chi connectivity index (χ2v) is 3.03. The van der Waals surface area contributed by atoms with E-state index in [2.05, 4.69) is 31.0 Å². The van der Waals surface area contributed by atoms with E-state index in [0.29, 0.717) is 12.3 Å². The zero-order valence-corrected chi connectivity index (χ0v) is 8.67. The summed E-state index contributed by atoms with van der Waals surface area (Å²) in [7, 11) is 0. The van der Waals surface area contributed by atoms with Crippen LogP contribution in [0.15, 0.2) is 22.9 Å². The maximum absolute atomic E-state index is 10.9. The van der Waals surface area contributed by atoms with Gasteiger partial charge in [0.25, 0.3) is 0 Å². The van der Waals surface area contributed by atoms with E-state index in [4.69, 9.17) is 0 Å². The van der Waals surface area contributed by atoms with E-state index in [1.807, 2.05) is 0 Å². The fourth-order valence-electron chi connectivity index (χ4n) is 0.735. The van der Waals surface area contributed by atoms with Crippen molar-refractivity contribution in [2.75, 3.05) is 11.9 Å². The van der Waals surface area contributed by atoms with Gasteiger partial charge >= 0.3 is 6.09 Å². The lowest BCUT2D eigenvalue weighted by molar-refractivity contribution is 0.168. The Kier molecular flexibility index (Phi) is 3.70. The Hall–Kier alpha value is -1.10. The molecule has 0 saturated carbocycles. The van der Waals surface area contributed by atoms with E-state index in [1.54, 1.807) is 25.3 Å². The van der Waals surface area contributed by atoms with Crippen molar-refractivity contribution in [1.82, 2.24) is 4.98 Å². The molecule has 1 aromatic heterocycles. The number of aromatic nitrogens is 1. The molecule has 0 aliphatic carbocycles. The summed E-state index contributed by atoms with van der Waals surface area (Å²) in [5.74, 6) is 0. The summed E-state index contributed by atoms with van der Waals surface area (Å²) in [4.78, 5) is 14.9. The van der Waals surface area contributed by atoms with E-state index >= 15 is 0 Å². The number of ether oxygens (including phenoxy) is 1. The predicted molar refractivity (Wildman–Crippen MR) is 52.6 cm³/mol. The summed E-state index contributed by atoms with van der Waals surface area (Å²) in [5.41, 5.74) is 0.613. The highest BCUT2D eigenvalue weighted by molar-refractivity contribution is 9.10. The van der Waals surface area contributed by atoms with Crippen LogP contribution >= 0.6 is 15.9 Å². The third-order valence-corrected chi connectivity index (χ3v) is 1.72. The molecule has 13 heavy (non-hydrogen) atoms. The van der Waals surface area contributed by atoms with Gasteiger partial charge in [-0.1, -0.05) is 0 Å². The van der Waals surface area contributed by atoms with Crippen LogP contribution in [0.3, 0.4) is 0 Å². The highest BCUT2D eigenvalue weighted by Gasteiger charge is 2.00. The van der Waals surface area contributed by atoms with Crippen LogP contribution < -0.4 is 5.32 Å². The van der Waals surface area contributed by atoms with Gasteiger partial charge in [-0.2, -0.15) is 0 Å². The molecule has 5 heteroatoms. The van der Waals surface area contributed by atoms with Crippen LogP contribution in [0.4, 0.5) is 10.5 Å². The fourth-order valence-corrected chi connectivity index (χ4v) is 0.969. The molecule has 1 heterocycles. The average molecular weight is 245 g/mol. The highest BCUT2D eigenvalue weighted by Crippen LogP contribution is 2.10. The SMILES string of the molecule is CCOC(=O)Nc1ccc(Br)nc1. The predicted octanol–water partition coefficient (Wildman–Crippen LogP) is 2.41. The Bertz CT molecular complexity index is 287. The average Bonchev–Trinajstić information content (AvgIpc) is 2.09. The van der Waals surface area contributed by atoms with Crippen molar-refractivity contribution in [1.29, 1.82) is 0 Å². The Balaban J connectivity index is 2.54. The highest BCUT2D eigenvalue weighted by atomic mass is 79.9. The van der Waals surface area contributed by atoms with Gasteiger partial charge in [0.2, 0.25) is 0 Å². The second kappa shape index (κ2) is 4.81. The summed E-state index contributed by atoms with van der Waals surface area (Å²) in [6.07, 6.45) is 1.08. The number of hydrogen-bond acceptors (Lipinski definition) is 3. The Morgan fingerprint density at radius 1 is 1.69 bits per heavy atom. The minimum absolute atomic E-state index is 0.357. The Morgan fingerprint density at radius 3 is 3.00 bits per heavy atom. The number of nitrogens with one attached hydrogen (secondary N) is 1. The van der Waals surface area contributed by atoms with Gasteiger partial charge in [-0.3, -0.25) is 5.32 Å². The maximum atomic E-state index is 10.9. The number of pyridine rings is 1. The molecule has 0 spiro atoms. The van der Waals surface area contributed by atoms with E-state index in [1.165, 1.54) is 0 Å². The van der Waals surface area contributed by atoms with Gasteiger partial charge in [0.1, 0.15) is 4.60 Å². The van der Waals surface area contributed by atoms with Crippen molar-refractivity contribution in [3.05, 3.63) is 22.9 Å². The molecule has 0 fully saturated rings. The number of hydrogen-bond donors (Lipinski definition) is 1. The molecule has 0 saturated heterocycles. The first-order chi connectivity index (χ1) is 6.22. The molecule has 0 atom stereocenters. The van der Waals surface area contributed by atoms with E-state index in [9.17, 15) is 4.79 Å². The van der Waals surface area contributed by atoms with E-state index in [-0.39, 0.29) is 0 Å². The molecular formula is C8H9BrN2O2. The smallest absolute Gasteiger partial charge is 0.411 e. The largest absolute Gasteiger partial charge is 0.450 e. The van der Waals surface area contributed by atoms with Crippen LogP contribution in [0, 0.1) is 0 Å². The van der Waals surface area contributed by atoms with Gasteiger partial charge in [0.05, 0.1) is 18.5 Å². The molecule has 0 unspecified atom stereocenters. The lowest BCUT2D eigenvalue weighted by Gasteiger charge is -2.03. The Morgan fingerprint density at radius 2 is 2.46 bits per heavy atom. The minimum Gasteiger partial charge on any atom is -0.450 e. The monoisotopic (exact) mass is 244 g/mol. The van der Waals surface area contributed by atoms with Gasteiger partial charge in [0, 0.05) is 0 Å². The van der Waals surface area contributed by atoms with Crippen molar-refractivity contribution in [3.63, 3.8) is 0 Å². The van der Waals surface area contributed by atoms with Crippen LogP contribution in [-0.2, 0) is 4.74 Å². The minimum atomic E-state index is -0.466. The van der Waals surface area contributed by atoms with Crippen LogP contribution in [0.25, 0.3) is 0 Å². The standard InChI is InChI=1S/C8H9BrN2O2/c1-2-13-8(12)11-6-3-4-7(9)10-5-6/h3-5H,2H2,1H3,(H,11,12). The van der Waals surface area contributed by atoms with Gasteiger partial charge in [-0.15, -0.1) is 0 Å². The van der Waals surface area contributed by atoms with Crippen LogP contribution in [0.1, 0.15) is 6.92 Å². The van der Waals surface area contributed by atoms with Crippen LogP contribution in [0.2, 0.25) is 0 Å². The molecule has 0 bridgehead atoms. The Labute approximate surface area is 84.4 Å². The number of rotatable bonds is 2. The lowest BCUT2D eigenvalue weighted by atomic mass is 10.4. The van der Waals surface area contributed by atoms with Crippen LogP contribution in [0.5, 0.6) is 0 Å². The zero-order chi connectivity index (χ0) is 9.68. The van der Waals surface area contributed by atoms with E-state index < -0.39 is 6.09 Å². The summed E-state index contributed by atoms with van der Waals surface area (Å²) < 4.78 is 5.41. The third-order valence-electron chi connectivity index (χ3n) is 1.25. The molecule has 1 aromatic rings. The molecule has 0 aliphatic heterocycles. The lowest BCUT2D eigenvalue weighted by Crippen LogP contribution is -2.13. The molecule has 1 amide bonds. The molecule has 4 nitrogen and oxygen atoms in total. The number of nitrogens with zero attached hydrogens (tertiary/aromatic N) is 1. The first-order valence-corrected chi connectivity index (χ1v) is 4.57. The first kappa shape index (κ1) is 9.98. The van der Waals surface area contributed by atoms with Gasteiger partial charge in [-0.05, 0) is 35.0 Å². The fraction of sp³-hybridized carbons (Fsp3) is 0.250. The number of halogens is 1. The van der Waals surface area contributed by atoms with Crippen molar-refractivity contribution in [2.24, 2.45) is 0 Å². The van der Waals surface area contributed by atoms with Crippen molar-refractivity contribution < 1.29 is 9.53 Å². The van der Waals surface area contributed by atoms with Gasteiger partial charge in [-0.25, -0.2) is 9.78 Å². The molecule has 1 rings (SSSR count).